The normalized spacial score (nSPS) is 13.4. The van der Waals surface area contributed by atoms with E-state index < -0.39 is 0 Å². The summed E-state index contributed by atoms with van der Waals surface area (Å²) in [6.07, 6.45) is 8.02. The summed E-state index contributed by atoms with van der Waals surface area (Å²) in [4.78, 5) is 17.6. The third kappa shape index (κ3) is 4.18. The molecule has 0 saturated carbocycles. The molecule has 0 radical (unpaired) electrons. The van der Waals surface area contributed by atoms with Crippen LogP contribution in [-0.4, -0.2) is 19.9 Å². The van der Waals surface area contributed by atoms with Gasteiger partial charge in [-0.15, -0.1) is 0 Å². The van der Waals surface area contributed by atoms with Gasteiger partial charge in [-0.3, -0.25) is 0 Å². The molecule has 3 aromatic heterocycles. The zero-order valence-electron chi connectivity index (χ0n) is 23.6. The summed E-state index contributed by atoms with van der Waals surface area (Å²) in [6, 6.07) is 8.76. The van der Waals surface area contributed by atoms with Gasteiger partial charge in [0.1, 0.15) is 0 Å². The summed E-state index contributed by atoms with van der Waals surface area (Å²) in [5, 5.41) is 0. The van der Waals surface area contributed by atoms with Crippen LogP contribution in [0, 0.1) is 13.8 Å². The Morgan fingerprint density at radius 1 is 0.658 bits per heavy atom. The van der Waals surface area contributed by atoms with E-state index in [1.165, 1.54) is 22.3 Å². The fourth-order valence-corrected chi connectivity index (χ4v) is 5.81. The molecule has 0 aromatic carbocycles. The predicted octanol–water partition coefficient (Wildman–Crippen LogP) is 9.37. The molecule has 0 aliphatic carbocycles. The third-order valence-electron chi connectivity index (χ3n) is 8.04. The molecule has 5 rings (SSSR count). The van der Waals surface area contributed by atoms with Gasteiger partial charge in [0.25, 0.3) is 0 Å². The summed E-state index contributed by atoms with van der Waals surface area (Å²) >= 11 is 0. The molecule has 3 aromatic rings. The second kappa shape index (κ2) is 10.1. The minimum Gasteiger partial charge on any atom is -0.355 e. The number of aromatic amines is 2. The lowest BCUT2D eigenvalue weighted by Crippen LogP contribution is -1.86. The van der Waals surface area contributed by atoms with Crippen LogP contribution in [0.1, 0.15) is 92.0 Å². The smallest absolute Gasteiger partial charge is 0.0733 e. The van der Waals surface area contributed by atoms with E-state index in [2.05, 4.69) is 88.9 Å². The molecule has 194 valence electrons. The van der Waals surface area contributed by atoms with Crippen molar-refractivity contribution in [3.05, 3.63) is 88.5 Å². The number of rotatable bonds is 6. The number of allylic oxidation sites excluding steroid dienone is 5. The molecule has 2 aliphatic heterocycles. The first-order valence-corrected chi connectivity index (χ1v) is 13.7. The second-order valence-electron chi connectivity index (χ2n) is 10.4. The number of hydrogen-bond donors (Lipinski definition) is 2. The number of nitrogens with zero attached hydrogens (tertiary/aromatic N) is 2. The lowest BCUT2D eigenvalue weighted by Gasteiger charge is -2.02. The van der Waals surface area contributed by atoms with Crippen molar-refractivity contribution in [2.75, 3.05) is 0 Å². The Labute approximate surface area is 226 Å². The van der Waals surface area contributed by atoms with Crippen LogP contribution in [0.5, 0.6) is 0 Å². The molecule has 4 nitrogen and oxygen atoms in total. The van der Waals surface area contributed by atoms with Gasteiger partial charge in [0.2, 0.25) is 0 Å². The highest BCUT2D eigenvalue weighted by Gasteiger charge is 2.20. The van der Waals surface area contributed by atoms with E-state index in [4.69, 9.17) is 9.97 Å². The van der Waals surface area contributed by atoms with Crippen LogP contribution in [-0.2, 0) is 6.42 Å². The SMILES string of the molecule is C=CC1=C(C)c2cc3nc(cc4[nH]c(cc5[nH]c(cc1n2)c(C)c5C=C)c(C)c4CCC)C(CCC)=C3C. The van der Waals surface area contributed by atoms with Crippen LogP contribution in [0.3, 0.4) is 0 Å². The number of aromatic nitrogens is 4. The summed E-state index contributed by atoms with van der Waals surface area (Å²) in [6.45, 7) is 21.4. The van der Waals surface area contributed by atoms with Gasteiger partial charge >= 0.3 is 0 Å². The summed E-state index contributed by atoms with van der Waals surface area (Å²) in [5.41, 5.74) is 17.9. The molecule has 8 bridgehead atoms. The molecule has 4 heteroatoms. The second-order valence-corrected chi connectivity index (χ2v) is 10.4. The van der Waals surface area contributed by atoms with E-state index in [1.54, 1.807) is 0 Å². The van der Waals surface area contributed by atoms with Crippen LogP contribution in [0.4, 0.5) is 0 Å². The van der Waals surface area contributed by atoms with Crippen molar-refractivity contribution in [2.45, 2.75) is 67.2 Å². The number of hydrogen-bond acceptors (Lipinski definition) is 2. The van der Waals surface area contributed by atoms with Gasteiger partial charge < -0.3 is 9.97 Å². The molecule has 0 unspecified atom stereocenters. The van der Waals surface area contributed by atoms with Gasteiger partial charge in [-0.05, 0) is 98.2 Å². The Morgan fingerprint density at radius 2 is 1.29 bits per heavy atom. The molecule has 0 fully saturated rings. The van der Waals surface area contributed by atoms with Gasteiger partial charge in [-0.2, -0.15) is 0 Å². The number of aryl methyl sites for hydroxylation is 3. The van der Waals surface area contributed by atoms with Gasteiger partial charge in [-0.1, -0.05) is 52.0 Å². The maximum Gasteiger partial charge on any atom is 0.0733 e. The maximum absolute atomic E-state index is 5.17. The average molecular weight is 503 g/mol. The monoisotopic (exact) mass is 502 g/mol. The van der Waals surface area contributed by atoms with Crippen molar-refractivity contribution >= 4 is 50.4 Å². The number of H-pyrrole nitrogens is 2. The minimum absolute atomic E-state index is 0.913. The molecular weight excluding hydrogens is 464 g/mol. The van der Waals surface area contributed by atoms with E-state index >= 15 is 0 Å². The van der Waals surface area contributed by atoms with Crippen LogP contribution in [0.25, 0.3) is 50.4 Å². The van der Waals surface area contributed by atoms with E-state index in [0.717, 1.165) is 92.8 Å². The first-order chi connectivity index (χ1) is 18.3. The van der Waals surface area contributed by atoms with E-state index in [0.29, 0.717) is 0 Å². The Hall–Kier alpha value is -3.92. The molecule has 0 spiro atoms. The number of nitrogens with one attached hydrogen (secondary N) is 2. The van der Waals surface area contributed by atoms with Crippen molar-refractivity contribution in [3.8, 4) is 0 Å². The first-order valence-electron chi connectivity index (χ1n) is 13.7. The predicted molar refractivity (Wildman–Crippen MR) is 165 cm³/mol. The molecule has 2 aliphatic rings. The van der Waals surface area contributed by atoms with E-state index in [1.807, 2.05) is 12.2 Å². The lowest BCUT2D eigenvalue weighted by atomic mass is 10.0. The highest BCUT2D eigenvalue weighted by molar-refractivity contribution is 5.98. The minimum atomic E-state index is 0.913. The van der Waals surface area contributed by atoms with Gasteiger partial charge in [-0.25, -0.2) is 9.97 Å². The highest BCUT2D eigenvalue weighted by atomic mass is 14.8. The maximum atomic E-state index is 5.17. The molecule has 38 heavy (non-hydrogen) atoms. The third-order valence-corrected chi connectivity index (χ3v) is 8.04. The van der Waals surface area contributed by atoms with Crippen LogP contribution >= 0.6 is 0 Å². The largest absolute Gasteiger partial charge is 0.355 e. The van der Waals surface area contributed by atoms with Crippen molar-refractivity contribution in [2.24, 2.45) is 0 Å². The standard InChI is InChI=1S/C34H38N4/c1-9-13-25-21(7)28-15-27-19(5)23(11-3)31(35-27)16-29-20(6)24(12-4)32(36-29)17-30-22(8)26(14-10-2)34(38-30)18-33(25)37-28/h11-12,15-18,36,38H,3-4,9-10,13-14H2,1-2,5-8H3. The zero-order chi connectivity index (χ0) is 27.1. The van der Waals surface area contributed by atoms with Crippen LogP contribution < -0.4 is 0 Å². The van der Waals surface area contributed by atoms with Crippen molar-refractivity contribution < 1.29 is 0 Å². The first kappa shape index (κ1) is 25.7. The van der Waals surface area contributed by atoms with E-state index in [9.17, 15) is 0 Å². The Balaban J connectivity index is 1.99. The molecule has 5 heterocycles. The summed E-state index contributed by atoms with van der Waals surface area (Å²) in [5.74, 6) is 0. The average Bonchev–Trinajstić information content (AvgIpc) is 3.55. The highest BCUT2D eigenvalue weighted by Crippen LogP contribution is 2.37. The molecule has 0 atom stereocenters. The van der Waals surface area contributed by atoms with E-state index in [-0.39, 0.29) is 0 Å². The topological polar surface area (TPSA) is 57.4 Å². The fraction of sp³-hybridized carbons (Fsp3) is 0.294. The molecule has 2 N–H and O–H groups in total. The summed E-state index contributed by atoms with van der Waals surface area (Å²) in [7, 11) is 0. The molecule has 0 saturated heterocycles. The van der Waals surface area contributed by atoms with Crippen molar-refractivity contribution in [3.63, 3.8) is 0 Å². The quantitative estimate of drug-likeness (QED) is 0.353. The zero-order valence-corrected chi connectivity index (χ0v) is 23.6. The Bertz CT molecular complexity index is 1700. The Morgan fingerprint density at radius 3 is 1.97 bits per heavy atom. The van der Waals surface area contributed by atoms with Gasteiger partial charge in [0.05, 0.1) is 22.8 Å². The molecule has 0 amide bonds. The lowest BCUT2D eigenvalue weighted by molar-refractivity contribution is 0.924. The fourth-order valence-electron chi connectivity index (χ4n) is 5.81. The van der Waals surface area contributed by atoms with Gasteiger partial charge in [0, 0.05) is 33.2 Å². The summed E-state index contributed by atoms with van der Waals surface area (Å²) < 4.78 is 0. The van der Waals surface area contributed by atoms with Gasteiger partial charge in [0.15, 0.2) is 0 Å². The van der Waals surface area contributed by atoms with Crippen LogP contribution in [0.2, 0.25) is 0 Å². The van der Waals surface area contributed by atoms with Crippen LogP contribution in [0.15, 0.2) is 43.5 Å². The Kier molecular flexibility index (Phi) is 6.83. The molecular formula is C34H38N4. The number of fused-ring (bicyclic) bond motifs is 8. The van der Waals surface area contributed by atoms with Crippen molar-refractivity contribution in [1.29, 1.82) is 0 Å². The van der Waals surface area contributed by atoms with Crippen molar-refractivity contribution in [1.82, 2.24) is 19.9 Å².